The van der Waals surface area contributed by atoms with Gasteiger partial charge in [-0.05, 0) is 61.4 Å². The molecule has 2 N–H and O–H groups in total. The number of rotatable bonds is 11. The van der Waals surface area contributed by atoms with Crippen molar-refractivity contribution >= 4 is 39.7 Å². The molecule has 218 valence electrons. The number of halogens is 1. The van der Waals surface area contributed by atoms with E-state index in [-0.39, 0.29) is 12.0 Å². The lowest BCUT2D eigenvalue weighted by Crippen LogP contribution is -2.24. The number of nitrogens with one attached hydrogen (secondary N) is 1. The van der Waals surface area contributed by atoms with Crippen LogP contribution in [-0.4, -0.2) is 42.9 Å². The lowest BCUT2D eigenvalue weighted by molar-refractivity contribution is -0.137. The number of H-pyrrole nitrogens is 1. The van der Waals surface area contributed by atoms with Gasteiger partial charge in [0.2, 0.25) is 0 Å². The zero-order valence-electron chi connectivity index (χ0n) is 23.0. The summed E-state index contributed by atoms with van der Waals surface area (Å²) in [7, 11) is 1.62. The minimum Gasteiger partial charge on any atom is -0.497 e. The normalized spacial score (nSPS) is 11.4. The standard InChI is InChI=1S/C31H26FN5O5S/c1-41-21-11-13-24-27(15-21)35-31(34-24)43-17-22-16-25(36-42-22)18-6-12-23-26(14-18)33-28(4-2-3-5-29(38)39)37(30(23)40)20-9-7-19(32)8-10-20/h6-16H,2-5,17H2,1H3,(H,34,35)(H,38,39). The Morgan fingerprint density at radius 3 is 2.67 bits per heavy atom. The van der Waals surface area contributed by atoms with Gasteiger partial charge in [0.1, 0.15) is 28.8 Å². The van der Waals surface area contributed by atoms with Crippen molar-refractivity contribution in [2.75, 3.05) is 7.11 Å². The second kappa shape index (κ2) is 12.1. The van der Waals surface area contributed by atoms with Gasteiger partial charge in [-0.3, -0.25) is 14.2 Å². The van der Waals surface area contributed by atoms with E-state index in [4.69, 9.17) is 19.4 Å². The SMILES string of the molecule is COc1ccc2[nH]c(SCc3cc(-c4ccc5c(=O)n(-c6ccc(F)cc6)c(CCCCC(=O)O)nc5c4)no3)nc2c1. The molecule has 3 heterocycles. The van der Waals surface area contributed by atoms with Crippen molar-refractivity contribution in [3.63, 3.8) is 0 Å². The third kappa shape index (κ3) is 6.14. The van der Waals surface area contributed by atoms with Gasteiger partial charge in [0.25, 0.3) is 5.56 Å². The largest absolute Gasteiger partial charge is 0.497 e. The number of unbranched alkanes of at least 4 members (excludes halogenated alkanes) is 1. The first-order valence-corrected chi connectivity index (χ1v) is 14.5. The molecule has 6 rings (SSSR count). The van der Waals surface area contributed by atoms with E-state index in [1.165, 1.54) is 40.6 Å². The average molecular weight is 600 g/mol. The Labute approximate surface area is 248 Å². The van der Waals surface area contributed by atoms with Gasteiger partial charge >= 0.3 is 5.97 Å². The summed E-state index contributed by atoms with van der Waals surface area (Å²) in [5.41, 5.74) is 3.71. The molecule has 3 aromatic heterocycles. The number of carboxylic acids is 1. The fourth-order valence-corrected chi connectivity index (χ4v) is 5.55. The van der Waals surface area contributed by atoms with Crippen LogP contribution >= 0.6 is 11.8 Å². The highest BCUT2D eigenvalue weighted by molar-refractivity contribution is 7.98. The molecule has 0 aliphatic rings. The summed E-state index contributed by atoms with van der Waals surface area (Å²) in [6, 6.07) is 18.4. The Kier molecular flexibility index (Phi) is 7.93. The molecule has 0 saturated carbocycles. The van der Waals surface area contributed by atoms with Crippen LogP contribution < -0.4 is 10.3 Å². The van der Waals surface area contributed by atoms with Gasteiger partial charge in [-0.2, -0.15) is 0 Å². The molecule has 0 unspecified atom stereocenters. The zero-order valence-corrected chi connectivity index (χ0v) is 23.9. The van der Waals surface area contributed by atoms with E-state index in [0.29, 0.717) is 58.9 Å². The van der Waals surface area contributed by atoms with Crippen LogP contribution in [0.25, 0.3) is 38.9 Å². The summed E-state index contributed by atoms with van der Waals surface area (Å²) in [6.07, 6.45) is 1.36. The van der Waals surface area contributed by atoms with Gasteiger partial charge in [-0.25, -0.2) is 14.4 Å². The van der Waals surface area contributed by atoms with E-state index in [0.717, 1.165) is 27.5 Å². The first kappa shape index (κ1) is 28.2. The summed E-state index contributed by atoms with van der Waals surface area (Å²) in [5.74, 6) is 1.06. The summed E-state index contributed by atoms with van der Waals surface area (Å²) in [5, 5.41) is 14.4. The van der Waals surface area contributed by atoms with Crippen LogP contribution in [0.4, 0.5) is 4.39 Å². The Balaban J connectivity index is 1.26. The molecule has 0 radical (unpaired) electrons. The number of thioether (sulfide) groups is 1. The minimum absolute atomic E-state index is 0.0242. The number of methoxy groups -OCH3 is 1. The number of aliphatic carboxylic acids is 1. The van der Waals surface area contributed by atoms with E-state index in [2.05, 4.69) is 15.1 Å². The number of benzene rings is 3. The van der Waals surface area contributed by atoms with Crippen LogP contribution in [0, 0.1) is 5.82 Å². The number of ether oxygens (including phenoxy) is 1. The fourth-order valence-electron chi connectivity index (χ4n) is 4.79. The Morgan fingerprint density at radius 2 is 1.88 bits per heavy atom. The lowest BCUT2D eigenvalue weighted by Gasteiger charge is -2.14. The molecule has 0 aliphatic carbocycles. The van der Waals surface area contributed by atoms with Crippen LogP contribution in [0.15, 0.2) is 81.2 Å². The molecule has 0 spiro atoms. The molecule has 0 saturated heterocycles. The Hall–Kier alpha value is -4.97. The van der Waals surface area contributed by atoms with Gasteiger partial charge < -0.3 is 19.4 Å². The number of nitrogens with zero attached hydrogens (tertiary/aromatic N) is 4. The summed E-state index contributed by atoms with van der Waals surface area (Å²) >= 11 is 1.48. The van der Waals surface area contributed by atoms with Crippen molar-refractivity contribution < 1.29 is 23.6 Å². The average Bonchev–Trinajstić information content (AvgIpc) is 3.65. The maximum Gasteiger partial charge on any atom is 0.303 e. The highest BCUT2D eigenvalue weighted by Crippen LogP contribution is 2.28. The molecule has 12 heteroatoms. The van der Waals surface area contributed by atoms with Crippen molar-refractivity contribution in [2.45, 2.75) is 36.6 Å². The lowest BCUT2D eigenvalue weighted by atomic mass is 10.1. The van der Waals surface area contributed by atoms with Crippen LogP contribution in [0.1, 0.15) is 30.8 Å². The van der Waals surface area contributed by atoms with E-state index in [1.807, 2.05) is 24.3 Å². The number of aryl methyl sites for hydroxylation is 1. The summed E-state index contributed by atoms with van der Waals surface area (Å²) < 4.78 is 25.9. The molecule has 0 bridgehead atoms. The number of aromatic amines is 1. The van der Waals surface area contributed by atoms with Gasteiger partial charge in [0.15, 0.2) is 5.16 Å². The highest BCUT2D eigenvalue weighted by atomic mass is 32.2. The van der Waals surface area contributed by atoms with E-state index in [9.17, 15) is 14.0 Å². The number of hydrogen-bond donors (Lipinski definition) is 2. The van der Waals surface area contributed by atoms with Crippen LogP contribution in [0.5, 0.6) is 5.75 Å². The molecule has 0 fully saturated rings. The fraction of sp³-hybridized carbons (Fsp3) is 0.194. The van der Waals surface area contributed by atoms with Crippen molar-refractivity contribution in [2.24, 2.45) is 0 Å². The predicted octanol–water partition coefficient (Wildman–Crippen LogP) is 6.15. The third-order valence-corrected chi connectivity index (χ3v) is 7.83. The summed E-state index contributed by atoms with van der Waals surface area (Å²) in [6.45, 7) is 0. The van der Waals surface area contributed by atoms with Gasteiger partial charge in [0.05, 0.1) is 40.5 Å². The van der Waals surface area contributed by atoms with Crippen LogP contribution in [0.3, 0.4) is 0 Å². The summed E-state index contributed by atoms with van der Waals surface area (Å²) in [4.78, 5) is 37.3. The quantitative estimate of drug-likeness (QED) is 0.133. The van der Waals surface area contributed by atoms with E-state index >= 15 is 0 Å². The maximum atomic E-state index is 13.6. The van der Waals surface area contributed by atoms with Gasteiger partial charge in [-0.1, -0.05) is 23.0 Å². The van der Waals surface area contributed by atoms with Gasteiger partial charge in [-0.15, -0.1) is 0 Å². The Morgan fingerprint density at radius 1 is 1.05 bits per heavy atom. The molecule has 0 amide bonds. The van der Waals surface area contributed by atoms with E-state index in [1.54, 1.807) is 25.3 Å². The third-order valence-electron chi connectivity index (χ3n) is 6.94. The molecular weight excluding hydrogens is 573 g/mol. The molecule has 3 aromatic carbocycles. The van der Waals surface area contributed by atoms with E-state index < -0.39 is 11.8 Å². The molecule has 0 aliphatic heterocycles. The van der Waals surface area contributed by atoms with Crippen molar-refractivity contribution in [3.05, 3.63) is 94.5 Å². The first-order chi connectivity index (χ1) is 20.9. The van der Waals surface area contributed by atoms with Crippen molar-refractivity contribution in [3.8, 4) is 22.7 Å². The van der Waals surface area contributed by atoms with Crippen LogP contribution in [0.2, 0.25) is 0 Å². The number of carboxylic acid groups (broad SMARTS) is 1. The Bertz CT molecular complexity index is 2000. The minimum atomic E-state index is -0.879. The first-order valence-electron chi connectivity index (χ1n) is 13.5. The number of aromatic nitrogens is 5. The molecule has 6 aromatic rings. The number of fused-ring (bicyclic) bond motifs is 2. The highest BCUT2D eigenvalue weighted by Gasteiger charge is 2.16. The molecule has 0 atom stereocenters. The molecular formula is C31H26FN5O5S. The number of imidazole rings is 1. The van der Waals surface area contributed by atoms with Crippen molar-refractivity contribution in [1.29, 1.82) is 0 Å². The van der Waals surface area contributed by atoms with Gasteiger partial charge in [0, 0.05) is 30.5 Å². The number of carbonyl (C=O) groups is 1. The van der Waals surface area contributed by atoms with Crippen LogP contribution in [-0.2, 0) is 17.0 Å². The zero-order chi connectivity index (χ0) is 29.9. The monoisotopic (exact) mass is 599 g/mol. The predicted molar refractivity (Wildman–Crippen MR) is 160 cm³/mol. The maximum absolute atomic E-state index is 13.6. The number of hydrogen-bond acceptors (Lipinski definition) is 8. The molecule has 43 heavy (non-hydrogen) atoms. The smallest absolute Gasteiger partial charge is 0.303 e. The molecule has 10 nitrogen and oxygen atoms in total. The topological polar surface area (TPSA) is 136 Å². The van der Waals surface area contributed by atoms with Crippen molar-refractivity contribution in [1.82, 2.24) is 24.7 Å². The second-order valence-electron chi connectivity index (χ2n) is 9.87. The second-order valence-corrected chi connectivity index (χ2v) is 10.8.